The lowest BCUT2D eigenvalue weighted by Crippen LogP contribution is -2.54. The second-order valence-electron chi connectivity index (χ2n) is 1.80. The van der Waals surface area contributed by atoms with Crippen LogP contribution < -0.4 is 17.3 Å². The minimum atomic E-state index is -1.02. The number of hydrazine groups is 3. The van der Waals surface area contributed by atoms with Crippen LogP contribution in [0.4, 0.5) is 0 Å². The fourth-order valence-electron chi connectivity index (χ4n) is 0.623. The van der Waals surface area contributed by atoms with Crippen molar-refractivity contribution in [2.45, 2.75) is 0 Å². The number of nitrogens with two attached hydrogens (primary N) is 2. The Bertz CT molecular complexity index is 190. The van der Waals surface area contributed by atoms with Gasteiger partial charge in [0.2, 0.25) is 0 Å². The number of fused-ring (bicyclic) bond motifs is 4. The predicted molar refractivity (Wildman–Crippen MR) is 31.6 cm³/mol. The van der Waals surface area contributed by atoms with Gasteiger partial charge in [0.1, 0.15) is 0 Å². The lowest BCUT2D eigenvalue weighted by molar-refractivity contribution is -0.0698. The van der Waals surface area contributed by atoms with Gasteiger partial charge in [-0.1, -0.05) is 5.16 Å². The summed E-state index contributed by atoms with van der Waals surface area (Å²) < 4.78 is 14.0. The molecule has 3 heterocycles. The molecule has 0 radical (unpaired) electrons. The first-order chi connectivity index (χ1) is 5.27. The van der Waals surface area contributed by atoms with Crippen molar-refractivity contribution in [1.29, 1.82) is 0 Å². The van der Waals surface area contributed by atoms with Crippen molar-refractivity contribution >= 4 is 13.3 Å². The highest BCUT2D eigenvalue weighted by Gasteiger charge is 2.40. The van der Waals surface area contributed by atoms with Crippen molar-refractivity contribution < 1.29 is 14.3 Å². The molecule has 0 aromatic heterocycles. The van der Waals surface area contributed by atoms with Crippen molar-refractivity contribution in [2.75, 3.05) is 0 Å². The SMILES string of the molecule is NN1NOB2ON=C1N(N)O2. The molecule has 0 unspecified atom stereocenters. The summed E-state index contributed by atoms with van der Waals surface area (Å²) >= 11 is 0. The molecule has 0 amide bonds. The van der Waals surface area contributed by atoms with E-state index in [9.17, 15) is 0 Å². The molecule has 60 valence electrons. The molecule has 0 atom stereocenters. The van der Waals surface area contributed by atoms with E-state index in [-0.39, 0.29) is 5.96 Å². The van der Waals surface area contributed by atoms with E-state index in [2.05, 4.69) is 20.3 Å². The van der Waals surface area contributed by atoms with Gasteiger partial charge in [0, 0.05) is 0 Å². The Morgan fingerprint density at radius 3 is 3.09 bits per heavy atom. The van der Waals surface area contributed by atoms with E-state index in [1.807, 2.05) is 0 Å². The third-order valence-electron chi connectivity index (χ3n) is 1.08. The average molecular weight is 160 g/mol. The molecule has 0 aromatic carbocycles. The molecule has 1 fully saturated rings. The van der Waals surface area contributed by atoms with Crippen molar-refractivity contribution in [3.63, 3.8) is 0 Å². The molecule has 5 N–H and O–H groups in total. The highest BCUT2D eigenvalue weighted by molar-refractivity contribution is 6.36. The van der Waals surface area contributed by atoms with Crippen LogP contribution >= 0.6 is 0 Å². The Morgan fingerprint density at radius 2 is 2.36 bits per heavy atom. The van der Waals surface area contributed by atoms with E-state index in [0.29, 0.717) is 0 Å². The van der Waals surface area contributed by atoms with Crippen LogP contribution in [0.15, 0.2) is 5.16 Å². The first-order valence-corrected chi connectivity index (χ1v) is 2.69. The Balaban J connectivity index is 2.25. The fraction of sp³-hybridized carbons (Fsp3) is 0. The number of guanidine groups is 1. The fourth-order valence-corrected chi connectivity index (χ4v) is 0.623. The molecule has 0 spiro atoms. The number of hydroxylamine groups is 1. The maximum atomic E-state index is 5.29. The first-order valence-electron chi connectivity index (χ1n) is 2.69. The molecular weight excluding hydrogens is 155 g/mol. The van der Waals surface area contributed by atoms with E-state index in [0.717, 1.165) is 10.3 Å². The van der Waals surface area contributed by atoms with Gasteiger partial charge in [-0.25, -0.2) is 16.4 Å². The van der Waals surface area contributed by atoms with Crippen molar-refractivity contribution in [2.24, 2.45) is 16.8 Å². The van der Waals surface area contributed by atoms with Crippen LogP contribution in [0.25, 0.3) is 0 Å². The van der Waals surface area contributed by atoms with Crippen LogP contribution in [0.1, 0.15) is 0 Å². The number of rotatable bonds is 0. The number of hydrogen-bond acceptors (Lipinski definition) is 9. The molecular formula is CH5BN6O3. The summed E-state index contributed by atoms with van der Waals surface area (Å²) in [4.78, 5) is 0. The van der Waals surface area contributed by atoms with E-state index in [1.54, 1.807) is 0 Å². The van der Waals surface area contributed by atoms with Crippen molar-refractivity contribution in [3.8, 4) is 0 Å². The lowest BCUT2D eigenvalue weighted by atomic mass is 10.3. The van der Waals surface area contributed by atoms with Crippen LogP contribution in [0.3, 0.4) is 0 Å². The van der Waals surface area contributed by atoms with Gasteiger partial charge in [-0.2, -0.15) is 10.3 Å². The zero-order valence-electron chi connectivity index (χ0n) is 5.30. The largest absolute Gasteiger partial charge is 0.778 e. The standard InChI is InChI=1S/CH5BN6O3/c3-7-1-5-9-2(10-6-7)11-8(1)4/h6H,3-4H2. The highest BCUT2D eigenvalue weighted by atomic mass is 16.9. The number of nitrogens with one attached hydrogen (secondary N) is 1. The summed E-state index contributed by atoms with van der Waals surface area (Å²) in [6.07, 6.45) is 0. The van der Waals surface area contributed by atoms with Gasteiger partial charge < -0.3 is 4.76 Å². The molecule has 10 heteroatoms. The summed E-state index contributed by atoms with van der Waals surface area (Å²) in [7, 11) is -1.02. The number of hydrogen-bond donors (Lipinski definition) is 3. The molecule has 3 aliphatic heterocycles. The number of oxime groups is 1. The van der Waals surface area contributed by atoms with Gasteiger partial charge in [-0.3, -0.25) is 4.76 Å². The minimum absolute atomic E-state index is 0.0544. The quantitative estimate of drug-likeness (QED) is 0.254. The summed E-state index contributed by atoms with van der Waals surface area (Å²) in [5.74, 6) is 10.6. The third kappa shape index (κ3) is 0.980. The van der Waals surface area contributed by atoms with Crippen molar-refractivity contribution in [1.82, 2.24) is 15.9 Å². The maximum Gasteiger partial charge on any atom is 0.778 e. The molecule has 9 nitrogen and oxygen atoms in total. The molecule has 3 rings (SSSR count). The normalized spacial score (nSPS) is 23.1. The van der Waals surface area contributed by atoms with Crippen molar-refractivity contribution in [3.05, 3.63) is 0 Å². The second-order valence-corrected chi connectivity index (χ2v) is 1.80. The average Bonchev–Trinajstić information content (AvgIpc) is 2.21. The Labute approximate surface area is 61.4 Å². The number of nitrogens with zero attached hydrogens (tertiary/aromatic N) is 3. The molecule has 3 aliphatic rings. The summed E-state index contributed by atoms with van der Waals surface area (Å²) in [5.41, 5.74) is 2.25. The van der Waals surface area contributed by atoms with Crippen LogP contribution in [0.2, 0.25) is 0 Å². The van der Waals surface area contributed by atoms with E-state index >= 15 is 0 Å². The topological polar surface area (TPSA) is 111 Å². The molecule has 2 bridgehead atoms. The lowest BCUT2D eigenvalue weighted by Gasteiger charge is -2.22. The molecule has 0 aliphatic carbocycles. The van der Waals surface area contributed by atoms with Gasteiger partial charge >= 0.3 is 13.3 Å². The van der Waals surface area contributed by atoms with Crippen LogP contribution in [0.5, 0.6) is 0 Å². The molecule has 0 saturated carbocycles. The Hall–Kier alpha value is -1.07. The first kappa shape index (κ1) is 6.63. The van der Waals surface area contributed by atoms with E-state index < -0.39 is 7.32 Å². The monoisotopic (exact) mass is 160 g/mol. The Kier molecular flexibility index (Phi) is 1.34. The smallest absolute Gasteiger partial charge is 0.399 e. The van der Waals surface area contributed by atoms with Gasteiger partial charge in [0.25, 0.3) is 0 Å². The van der Waals surface area contributed by atoms with Crippen LogP contribution in [-0.4, -0.2) is 23.6 Å². The van der Waals surface area contributed by atoms with E-state index in [1.165, 1.54) is 0 Å². The second kappa shape index (κ2) is 2.22. The summed E-state index contributed by atoms with van der Waals surface area (Å²) in [6.45, 7) is 0. The summed E-state index contributed by atoms with van der Waals surface area (Å²) in [5, 5.41) is 5.20. The highest BCUT2D eigenvalue weighted by Crippen LogP contribution is 2.06. The van der Waals surface area contributed by atoms with E-state index in [4.69, 9.17) is 16.4 Å². The zero-order valence-corrected chi connectivity index (χ0v) is 5.30. The van der Waals surface area contributed by atoms with Gasteiger partial charge in [-0.15, -0.1) is 5.59 Å². The van der Waals surface area contributed by atoms with Gasteiger partial charge in [0.05, 0.1) is 0 Å². The molecule has 0 aromatic rings. The van der Waals surface area contributed by atoms with Gasteiger partial charge in [0.15, 0.2) is 0 Å². The predicted octanol–water partition coefficient (Wildman–Crippen LogP) is -2.99. The zero-order chi connectivity index (χ0) is 7.84. The van der Waals surface area contributed by atoms with Gasteiger partial charge in [-0.05, 0) is 0 Å². The third-order valence-corrected chi connectivity index (χ3v) is 1.08. The minimum Gasteiger partial charge on any atom is -0.399 e. The maximum absolute atomic E-state index is 5.29. The van der Waals surface area contributed by atoms with Crippen LogP contribution in [0, 0.1) is 0 Å². The molecule has 11 heavy (non-hydrogen) atoms. The van der Waals surface area contributed by atoms with Crippen LogP contribution in [-0.2, 0) is 14.3 Å². The summed E-state index contributed by atoms with van der Waals surface area (Å²) in [6, 6.07) is 0. The molecule has 1 saturated heterocycles. The Morgan fingerprint density at radius 1 is 1.55 bits per heavy atom.